The highest BCUT2D eigenvalue weighted by Gasteiger charge is 2.11. The van der Waals surface area contributed by atoms with Gasteiger partial charge in [0.1, 0.15) is 23.4 Å². The number of ether oxygens (including phenoxy) is 3. The highest BCUT2D eigenvalue weighted by Crippen LogP contribution is 2.24. The van der Waals surface area contributed by atoms with Crippen LogP contribution in [0.15, 0.2) is 48.5 Å². The van der Waals surface area contributed by atoms with Gasteiger partial charge in [-0.2, -0.15) is 0 Å². The smallest absolute Gasteiger partial charge is 0.136 e. The van der Waals surface area contributed by atoms with Crippen LogP contribution in [0.2, 0.25) is 0 Å². The maximum Gasteiger partial charge on any atom is 0.136 e. The molecule has 0 bridgehead atoms. The van der Waals surface area contributed by atoms with E-state index in [1.54, 1.807) is 14.2 Å². The molecule has 0 spiro atoms. The Hall–Kier alpha value is -2.20. The van der Waals surface area contributed by atoms with Crippen LogP contribution in [-0.4, -0.2) is 20.8 Å². The van der Waals surface area contributed by atoms with Crippen LogP contribution in [0.25, 0.3) is 0 Å². The van der Waals surface area contributed by atoms with Crippen molar-refractivity contribution in [2.45, 2.75) is 6.10 Å². The fourth-order valence-corrected chi connectivity index (χ4v) is 1.89. The van der Waals surface area contributed by atoms with Crippen molar-refractivity contribution in [2.24, 2.45) is 5.73 Å². The summed E-state index contributed by atoms with van der Waals surface area (Å²) in [5, 5.41) is 0. The lowest BCUT2D eigenvalue weighted by Gasteiger charge is -2.18. The maximum atomic E-state index is 5.90. The second-order valence-electron chi connectivity index (χ2n) is 4.29. The predicted molar refractivity (Wildman–Crippen MR) is 78.4 cm³/mol. The largest absolute Gasteiger partial charge is 0.497 e. The number of rotatable bonds is 6. The molecule has 4 nitrogen and oxygen atoms in total. The molecule has 4 heteroatoms. The Morgan fingerprint density at radius 2 is 1.25 bits per heavy atom. The molecule has 0 fully saturated rings. The molecule has 0 aliphatic heterocycles. The summed E-state index contributed by atoms with van der Waals surface area (Å²) in [4.78, 5) is 0. The first-order chi connectivity index (χ1) is 9.76. The van der Waals surface area contributed by atoms with E-state index >= 15 is 0 Å². The number of methoxy groups -OCH3 is 2. The fraction of sp³-hybridized carbons (Fsp3) is 0.250. The van der Waals surface area contributed by atoms with E-state index in [4.69, 9.17) is 19.9 Å². The normalized spacial score (nSPS) is 11.8. The van der Waals surface area contributed by atoms with E-state index in [2.05, 4.69) is 0 Å². The van der Waals surface area contributed by atoms with Gasteiger partial charge in [-0.1, -0.05) is 12.1 Å². The third kappa shape index (κ3) is 3.42. The van der Waals surface area contributed by atoms with Gasteiger partial charge < -0.3 is 19.9 Å². The van der Waals surface area contributed by atoms with Gasteiger partial charge in [0, 0.05) is 6.54 Å². The molecule has 2 aromatic carbocycles. The summed E-state index contributed by atoms with van der Waals surface area (Å²) in [6, 6.07) is 15.2. The highest BCUT2D eigenvalue weighted by molar-refractivity contribution is 5.33. The Kier molecular flexibility index (Phi) is 4.85. The molecule has 2 rings (SSSR count). The molecule has 0 heterocycles. The van der Waals surface area contributed by atoms with Crippen LogP contribution in [0, 0.1) is 0 Å². The Bertz CT molecular complexity index is 522. The zero-order valence-electron chi connectivity index (χ0n) is 11.7. The average Bonchev–Trinajstić information content (AvgIpc) is 2.53. The van der Waals surface area contributed by atoms with Gasteiger partial charge in [0.25, 0.3) is 0 Å². The van der Waals surface area contributed by atoms with Crippen molar-refractivity contribution >= 4 is 0 Å². The Morgan fingerprint density at radius 1 is 0.800 bits per heavy atom. The monoisotopic (exact) mass is 273 g/mol. The molecule has 0 aliphatic rings. The molecule has 106 valence electrons. The van der Waals surface area contributed by atoms with Gasteiger partial charge in [0.05, 0.1) is 14.2 Å². The topological polar surface area (TPSA) is 53.7 Å². The van der Waals surface area contributed by atoms with Gasteiger partial charge in [-0.15, -0.1) is 0 Å². The van der Waals surface area contributed by atoms with Crippen molar-refractivity contribution in [3.63, 3.8) is 0 Å². The molecular formula is C16H19NO3. The third-order valence-electron chi connectivity index (χ3n) is 3.04. The molecule has 0 amide bonds. The number of hydrogen-bond acceptors (Lipinski definition) is 4. The molecule has 20 heavy (non-hydrogen) atoms. The Balaban J connectivity index is 2.10. The summed E-state index contributed by atoms with van der Waals surface area (Å²) in [5.74, 6) is 2.37. The lowest BCUT2D eigenvalue weighted by Crippen LogP contribution is -2.18. The summed E-state index contributed by atoms with van der Waals surface area (Å²) in [6.07, 6.45) is -0.186. The van der Waals surface area contributed by atoms with E-state index in [-0.39, 0.29) is 6.10 Å². The van der Waals surface area contributed by atoms with Crippen LogP contribution in [0.5, 0.6) is 17.2 Å². The van der Waals surface area contributed by atoms with E-state index in [9.17, 15) is 0 Å². The first-order valence-corrected chi connectivity index (χ1v) is 6.41. The summed E-state index contributed by atoms with van der Waals surface area (Å²) in [7, 11) is 3.28. The van der Waals surface area contributed by atoms with E-state index in [1.165, 1.54) is 0 Å². The van der Waals surface area contributed by atoms with Gasteiger partial charge in [-0.25, -0.2) is 0 Å². The average molecular weight is 273 g/mol. The van der Waals surface area contributed by atoms with Gasteiger partial charge >= 0.3 is 0 Å². The van der Waals surface area contributed by atoms with Gasteiger partial charge in [-0.05, 0) is 42.0 Å². The summed E-state index contributed by atoms with van der Waals surface area (Å²) in [6.45, 7) is 0.401. The SMILES string of the molecule is COc1ccc(OC(CN)c2ccc(OC)cc2)cc1. The number of benzene rings is 2. The fourth-order valence-electron chi connectivity index (χ4n) is 1.89. The first-order valence-electron chi connectivity index (χ1n) is 6.41. The van der Waals surface area contributed by atoms with Crippen molar-refractivity contribution in [1.82, 2.24) is 0 Å². The van der Waals surface area contributed by atoms with Crippen molar-refractivity contribution in [2.75, 3.05) is 20.8 Å². The quantitative estimate of drug-likeness (QED) is 0.879. The van der Waals surface area contributed by atoms with Crippen LogP contribution >= 0.6 is 0 Å². The van der Waals surface area contributed by atoms with Crippen LogP contribution in [-0.2, 0) is 0 Å². The Morgan fingerprint density at radius 3 is 1.70 bits per heavy atom. The number of hydrogen-bond donors (Lipinski definition) is 1. The van der Waals surface area contributed by atoms with E-state index in [0.29, 0.717) is 6.54 Å². The second-order valence-corrected chi connectivity index (χ2v) is 4.29. The van der Waals surface area contributed by atoms with Crippen LogP contribution < -0.4 is 19.9 Å². The molecule has 0 aromatic heterocycles. The lowest BCUT2D eigenvalue weighted by atomic mass is 10.1. The molecule has 2 N–H and O–H groups in total. The van der Waals surface area contributed by atoms with E-state index < -0.39 is 0 Å². The molecule has 0 saturated heterocycles. The molecule has 0 aliphatic carbocycles. The number of nitrogens with two attached hydrogens (primary N) is 1. The maximum absolute atomic E-state index is 5.90. The molecule has 1 atom stereocenters. The van der Waals surface area contributed by atoms with E-state index in [1.807, 2.05) is 48.5 Å². The highest BCUT2D eigenvalue weighted by atomic mass is 16.5. The van der Waals surface area contributed by atoms with Crippen LogP contribution in [0.3, 0.4) is 0 Å². The molecule has 1 unspecified atom stereocenters. The molecular weight excluding hydrogens is 254 g/mol. The molecule has 0 saturated carbocycles. The summed E-state index contributed by atoms with van der Waals surface area (Å²) in [5.41, 5.74) is 6.82. The van der Waals surface area contributed by atoms with Gasteiger partial charge in [0.2, 0.25) is 0 Å². The second kappa shape index (κ2) is 6.82. The zero-order valence-corrected chi connectivity index (χ0v) is 11.7. The summed E-state index contributed by atoms with van der Waals surface area (Å²) < 4.78 is 16.2. The minimum atomic E-state index is -0.186. The van der Waals surface area contributed by atoms with Crippen molar-refractivity contribution in [1.29, 1.82) is 0 Å². The van der Waals surface area contributed by atoms with Crippen LogP contribution in [0.4, 0.5) is 0 Å². The minimum absolute atomic E-state index is 0.186. The lowest BCUT2D eigenvalue weighted by molar-refractivity contribution is 0.214. The minimum Gasteiger partial charge on any atom is -0.497 e. The standard InChI is InChI=1S/C16H19NO3/c1-18-13-5-3-12(4-6-13)16(11-17)20-15-9-7-14(19-2)8-10-15/h3-10,16H,11,17H2,1-2H3. The van der Waals surface area contributed by atoms with Crippen molar-refractivity contribution in [3.05, 3.63) is 54.1 Å². The predicted octanol–water partition coefficient (Wildman–Crippen LogP) is 2.78. The van der Waals surface area contributed by atoms with Gasteiger partial charge in [0.15, 0.2) is 0 Å². The third-order valence-corrected chi connectivity index (χ3v) is 3.04. The zero-order chi connectivity index (χ0) is 14.4. The van der Waals surface area contributed by atoms with Crippen molar-refractivity contribution in [3.8, 4) is 17.2 Å². The Labute approximate surface area is 119 Å². The molecule has 0 radical (unpaired) electrons. The summed E-state index contributed by atoms with van der Waals surface area (Å²) >= 11 is 0. The van der Waals surface area contributed by atoms with Crippen LogP contribution in [0.1, 0.15) is 11.7 Å². The molecule has 2 aromatic rings. The van der Waals surface area contributed by atoms with Gasteiger partial charge in [-0.3, -0.25) is 0 Å². The van der Waals surface area contributed by atoms with Crippen molar-refractivity contribution < 1.29 is 14.2 Å². The first kappa shape index (κ1) is 14.2. The van der Waals surface area contributed by atoms with E-state index in [0.717, 1.165) is 22.8 Å².